The second kappa shape index (κ2) is 6.71. The molecule has 0 aliphatic heterocycles. The van der Waals surface area contributed by atoms with Gasteiger partial charge in [0.15, 0.2) is 5.78 Å². The fraction of sp³-hybridized carbons (Fsp3) is 0.167. The van der Waals surface area contributed by atoms with Crippen LogP contribution in [0.3, 0.4) is 0 Å². The Balaban J connectivity index is 2.00. The molecular formula is C18H18O2. The van der Waals surface area contributed by atoms with Gasteiger partial charge in [0.1, 0.15) is 5.75 Å². The van der Waals surface area contributed by atoms with E-state index in [4.69, 9.17) is 4.74 Å². The van der Waals surface area contributed by atoms with Gasteiger partial charge in [-0.2, -0.15) is 0 Å². The standard InChI is InChI=1S/C18H18O2/c1-14-5-3-4-6-16(14)13-17(19)10-7-15-8-11-18(20-2)12-9-15/h3-12H,13H2,1-2H3/b10-7+. The highest BCUT2D eigenvalue weighted by atomic mass is 16.5. The zero-order chi connectivity index (χ0) is 14.4. The summed E-state index contributed by atoms with van der Waals surface area (Å²) in [6, 6.07) is 15.6. The zero-order valence-electron chi connectivity index (χ0n) is 11.8. The monoisotopic (exact) mass is 266 g/mol. The molecule has 2 aromatic rings. The van der Waals surface area contributed by atoms with Gasteiger partial charge >= 0.3 is 0 Å². The highest BCUT2D eigenvalue weighted by Crippen LogP contribution is 2.13. The van der Waals surface area contributed by atoms with E-state index in [9.17, 15) is 4.79 Å². The maximum absolute atomic E-state index is 11.9. The molecule has 0 aromatic heterocycles. The molecule has 0 N–H and O–H groups in total. The lowest BCUT2D eigenvalue weighted by Gasteiger charge is -2.02. The molecule has 2 rings (SSSR count). The molecular weight excluding hydrogens is 248 g/mol. The molecule has 102 valence electrons. The van der Waals surface area contributed by atoms with E-state index >= 15 is 0 Å². The van der Waals surface area contributed by atoms with E-state index in [1.807, 2.05) is 61.5 Å². The van der Waals surface area contributed by atoms with Crippen LogP contribution in [0.25, 0.3) is 6.08 Å². The average molecular weight is 266 g/mol. The number of ketones is 1. The van der Waals surface area contributed by atoms with Gasteiger partial charge in [0.2, 0.25) is 0 Å². The van der Waals surface area contributed by atoms with Crippen molar-refractivity contribution in [1.82, 2.24) is 0 Å². The average Bonchev–Trinajstić information content (AvgIpc) is 2.48. The lowest BCUT2D eigenvalue weighted by atomic mass is 10.0. The number of aryl methyl sites for hydroxylation is 1. The van der Waals surface area contributed by atoms with E-state index < -0.39 is 0 Å². The van der Waals surface area contributed by atoms with Gasteiger partial charge < -0.3 is 4.74 Å². The molecule has 0 spiro atoms. The molecule has 2 aromatic carbocycles. The van der Waals surface area contributed by atoms with Crippen molar-refractivity contribution in [3.63, 3.8) is 0 Å². The molecule has 0 atom stereocenters. The van der Waals surface area contributed by atoms with Crippen molar-refractivity contribution >= 4 is 11.9 Å². The Morgan fingerprint density at radius 1 is 1.10 bits per heavy atom. The molecule has 0 saturated carbocycles. The van der Waals surface area contributed by atoms with Crippen LogP contribution >= 0.6 is 0 Å². The Bertz CT molecular complexity index is 610. The van der Waals surface area contributed by atoms with E-state index in [-0.39, 0.29) is 5.78 Å². The SMILES string of the molecule is COc1ccc(/C=C/C(=O)Cc2ccccc2C)cc1. The highest BCUT2D eigenvalue weighted by Gasteiger charge is 2.02. The summed E-state index contributed by atoms with van der Waals surface area (Å²) >= 11 is 0. The zero-order valence-corrected chi connectivity index (χ0v) is 11.8. The van der Waals surface area contributed by atoms with Crippen LogP contribution in [0.2, 0.25) is 0 Å². The topological polar surface area (TPSA) is 26.3 Å². The molecule has 0 unspecified atom stereocenters. The minimum atomic E-state index is 0.107. The van der Waals surface area contributed by atoms with Crippen molar-refractivity contribution < 1.29 is 9.53 Å². The van der Waals surface area contributed by atoms with Crippen LogP contribution < -0.4 is 4.74 Å². The molecule has 0 fully saturated rings. The summed E-state index contributed by atoms with van der Waals surface area (Å²) in [6.07, 6.45) is 3.91. The molecule has 0 amide bonds. The number of carbonyl (C=O) groups is 1. The van der Waals surface area contributed by atoms with E-state index in [0.29, 0.717) is 6.42 Å². The number of hydrogen-bond donors (Lipinski definition) is 0. The van der Waals surface area contributed by atoms with Crippen molar-refractivity contribution in [2.45, 2.75) is 13.3 Å². The van der Waals surface area contributed by atoms with Crippen molar-refractivity contribution in [3.05, 3.63) is 71.3 Å². The summed E-state index contributed by atoms with van der Waals surface area (Å²) < 4.78 is 5.10. The number of methoxy groups -OCH3 is 1. The van der Waals surface area contributed by atoms with Gasteiger partial charge in [0.25, 0.3) is 0 Å². The van der Waals surface area contributed by atoms with Gasteiger partial charge in [-0.15, -0.1) is 0 Å². The molecule has 0 saturated heterocycles. The lowest BCUT2D eigenvalue weighted by molar-refractivity contribution is -0.113. The van der Waals surface area contributed by atoms with Crippen LogP contribution in [0.1, 0.15) is 16.7 Å². The predicted molar refractivity (Wildman–Crippen MR) is 81.9 cm³/mol. The third-order valence-electron chi connectivity index (χ3n) is 3.20. The van der Waals surface area contributed by atoms with Crippen molar-refractivity contribution in [1.29, 1.82) is 0 Å². The van der Waals surface area contributed by atoms with Gasteiger partial charge in [0, 0.05) is 6.42 Å². The molecule has 2 nitrogen and oxygen atoms in total. The van der Waals surface area contributed by atoms with Gasteiger partial charge in [-0.1, -0.05) is 42.5 Å². The van der Waals surface area contributed by atoms with Gasteiger partial charge in [0.05, 0.1) is 7.11 Å². The third-order valence-corrected chi connectivity index (χ3v) is 3.20. The number of benzene rings is 2. The summed E-state index contributed by atoms with van der Waals surface area (Å²) in [7, 11) is 1.64. The first-order valence-corrected chi connectivity index (χ1v) is 6.58. The quantitative estimate of drug-likeness (QED) is 0.769. The minimum Gasteiger partial charge on any atom is -0.497 e. The van der Waals surface area contributed by atoms with Crippen LogP contribution in [0.15, 0.2) is 54.6 Å². The summed E-state index contributed by atoms with van der Waals surface area (Å²) in [5.41, 5.74) is 3.22. The maximum atomic E-state index is 11.9. The Hall–Kier alpha value is -2.35. The van der Waals surface area contributed by atoms with Crippen molar-refractivity contribution in [2.75, 3.05) is 7.11 Å². The van der Waals surface area contributed by atoms with Crippen LogP contribution in [0, 0.1) is 6.92 Å². The first-order chi connectivity index (χ1) is 9.69. The summed E-state index contributed by atoms with van der Waals surface area (Å²) in [4.78, 5) is 11.9. The maximum Gasteiger partial charge on any atom is 0.160 e. The summed E-state index contributed by atoms with van der Waals surface area (Å²) in [5, 5.41) is 0. The van der Waals surface area contributed by atoms with Gasteiger partial charge in [-0.05, 0) is 41.8 Å². The van der Waals surface area contributed by atoms with E-state index in [1.165, 1.54) is 0 Å². The number of allylic oxidation sites excluding steroid dienone is 1. The number of carbonyl (C=O) groups excluding carboxylic acids is 1. The Kier molecular flexibility index (Phi) is 4.72. The van der Waals surface area contributed by atoms with Crippen molar-refractivity contribution in [3.8, 4) is 5.75 Å². The molecule has 0 radical (unpaired) electrons. The number of hydrogen-bond acceptors (Lipinski definition) is 2. The van der Waals surface area contributed by atoms with Crippen LogP contribution in [0.5, 0.6) is 5.75 Å². The third kappa shape index (κ3) is 3.82. The summed E-state index contributed by atoms with van der Waals surface area (Å²) in [5.74, 6) is 0.920. The van der Waals surface area contributed by atoms with E-state index in [0.717, 1.165) is 22.4 Å². The normalized spacial score (nSPS) is 10.7. The summed E-state index contributed by atoms with van der Waals surface area (Å²) in [6.45, 7) is 2.02. The number of ether oxygens (including phenoxy) is 1. The Morgan fingerprint density at radius 2 is 1.80 bits per heavy atom. The van der Waals surface area contributed by atoms with Crippen LogP contribution in [-0.4, -0.2) is 12.9 Å². The molecule has 20 heavy (non-hydrogen) atoms. The fourth-order valence-corrected chi connectivity index (χ4v) is 1.96. The Labute approximate surface area is 119 Å². The van der Waals surface area contributed by atoms with Crippen LogP contribution in [0.4, 0.5) is 0 Å². The van der Waals surface area contributed by atoms with Gasteiger partial charge in [-0.3, -0.25) is 4.79 Å². The first-order valence-electron chi connectivity index (χ1n) is 6.58. The van der Waals surface area contributed by atoms with Gasteiger partial charge in [-0.25, -0.2) is 0 Å². The highest BCUT2D eigenvalue weighted by molar-refractivity contribution is 5.95. The molecule has 0 aliphatic rings. The lowest BCUT2D eigenvalue weighted by Crippen LogP contribution is -2.00. The van der Waals surface area contributed by atoms with E-state index in [2.05, 4.69) is 0 Å². The molecule has 0 aliphatic carbocycles. The fourth-order valence-electron chi connectivity index (χ4n) is 1.96. The van der Waals surface area contributed by atoms with E-state index in [1.54, 1.807) is 13.2 Å². The minimum absolute atomic E-state index is 0.107. The second-order valence-electron chi connectivity index (χ2n) is 4.68. The van der Waals surface area contributed by atoms with Crippen molar-refractivity contribution in [2.24, 2.45) is 0 Å². The first kappa shape index (κ1) is 14.1. The Morgan fingerprint density at radius 3 is 2.45 bits per heavy atom. The molecule has 0 heterocycles. The molecule has 2 heteroatoms. The molecule has 0 bridgehead atoms. The largest absolute Gasteiger partial charge is 0.497 e. The van der Waals surface area contributed by atoms with Crippen LogP contribution in [-0.2, 0) is 11.2 Å². The smallest absolute Gasteiger partial charge is 0.160 e. The number of rotatable bonds is 5. The second-order valence-corrected chi connectivity index (χ2v) is 4.68. The predicted octanol–water partition coefficient (Wildman–Crippen LogP) is 3.83.